The molecule has 2 aromatic rings. The molecule has 0 aliphatic rings. The van der Waals surface area contributed by atoms with E-state index in [0.29, 0.717) is 11.4 Å². The summed E-state index contributed by atoms with van der Waals surface area (Å²) in [7, 11) is -4.23. The standard InChI is InChI=1S/C13H13F2N3O2S/c1-8-3-2-4-10(18-8)7-17-21(19,20)12-6-9(16)5-11(14)13(12)15/h2-6,17H,7,16H2,1H3. The lowest BCUT2D eigenvalue weighted by Crippen LogP contribution is -2.25. The summed E-state index contributed by atoms with van der Waals surface area (Å²) in [5.74, 6) is -2.78. The van der Waals surface area contributed by atoms with E-state index in [1.807, 2.05) is 0 Å². The average Bonchev–Trinajstić information content (AvgIpc) is 2.41. The molecule has 1 aromatic carbocycles. The van der Waals surface area contributed by atoms with Crippen molar-refractivity contribution in [2.24, 2.45) is 0 Å². The first-order valence-electron chi connectivity index (χ1n) is 5.96. The van der Waals surface area contributed by atoms with Crippen molar-refractivity contribution in [2.45, 2.75) is 18.4 Å². The number of pyridine rings is 1. The van der Waals surface area contributed by atoms with Gasteiger partial charge >= 0.3 is 0 Å². The molecule has 0 fully saturated rings. The zero-order valence-electron chi connectivity index (χ0n) is 11.1. The Hall–Kier alpha value is -2.06. The number of anilines is 1. The zero-order valence-corrected chi connectivity index (χ0v) is 11.9. The summed E-state index contributed by atoms with van der Waals surface area (Å²) in [6.07, 6.45) is 0. The van der Waals surface area contributed by atoms with Crippen molar-refractivity contribution in [3.05, 3.63) is 53.4 Å². The van der Waals surface area contributed by atoms with Crippen molar-refractivity contribution in [3.63, 3.8) is 0 Å². The fourth-order valence-corrected chi connectivity index (χ4v) is 2.84. The van der Waals surface area contributed by atoms with E-state index in [2.05, 4.69) is 9.71 Å². The predicted molar refractivity (Wildman–Crippen MR) is 73.8 cm³/mol. The van der Waals surface area contributed by atoms with Gasteiger partial charge in [0.2, 0.25) is 10.0 Å². The summed E-state index contributed by atoms with van der Waals surface area (Å²) in [6, 6.07) is 6.67. The lowest BCUT2D eigenvalue weighted by Gasteiger charge is -2.09. The number of sulfonamides is 1. The Morgan fingerprint density at radius 2 is 2.00 bits per heavy atom. The van der Waals surface area contributed by atoms with Crippen LogP contribution in [0, 0.1) is 18.6 Å². The van der Waals surface area contributed by atoms with Crippen molar-refractivity contribution in [1.82, 2.24) is 9.71 Å². The second-order valence-corrected chi connectivity index (χ2v) is 6.15. The van der Waals surface area contributed by atoms with Crippen LogP contribution in [-0.2, 0) is 16.6 Å². The molecular weight excluding hydrogens is 300 g/mol. The van der Waals surface area contributed by atoms with Crippen LogP contribution in [0.4, 0.5) is 14.5 Å². The maximum absolute atomic E-state index is 13.6. The van der Waals surface area contributed by atoms with Gasteiger partial charge in [-0.05, 0) is 31.2 Å². The molecule has 8 heteroatoms. The molecule has 5 nitrogen and oxygen atoms in total. The number of aryl methyl sites for hydroxylation is 1. The molecule has 1 heterocycles. The van der Waals surface area contributed by atoms with Crippen LogP contribution in [0.25, 0.3) is 0 Å². The highest BCUT2D eigenvalue weighted by Crippen LogP contribution is 2.21. The fraction of sp³-hybridized carbons (Fsp3) is 0.154. The molecule has 0 radical (unpaired) electrons. The molecule has 0 saturated heterocycles. The van der Waals surface area contributed by atoms with Crippen LogP contribution in [0.15, 0.2) is 35.2 Å². The number of halogens is 2. The second-order valence-electron chi connectivity index (χ2n) is 4.41. The van der Waals surface area contributed by atoms with Crippen LogP contribution >= 0.6 is 0 Å². The Labute approximate surface area is 120 Å². The lowest BCUT2D eigenvalue weighted by molar-refractivity contribution is 0.483. The second kappa shape index (κ2) is 5.74. The number of aromatic nitrogens is 1. The topological polar surface area (TPSA) is 85.1 Å². The first-order valence-corrected chi connectivity index (χ1v) is 7.44. The van der Waals surface area contributed by atoms with E-state index >= 15 is 0 Å². The maximum Gasteiger partial charge on any atom is 0.244 e. The summed E-state index contributed by atoms with van der Waals surface area (Å²) in [6.45, 7) is 1.62. The van der Waals surface area contributed by atoms with Gasteiger partial charge in [-0.25, -0.2) is 21.9 Å². The van der Waals surface area contributed by atoms with Gasteiger partial charge in [-0.1, -0.05) is 6.07 Å². The Morgan fingerprint density at radius 1 is 1.29 bits per heavy atom. The van der Waals surface area contributed by atoms with E-state index in [-0.39, 0.29) is 12.2 Å². The van der Waals surface area contributed by atoms with Crippen molar-refractivity contribution < 1.29 is 17.2 Å². The van der Waals surface area contributed by atoms with Gasteiger partial charge in [-0.15, -0.1) is 0 Å². The average molecular weight is 313 g/mol. The minimum atomic E-state index is -4.23. The Morgan fingerprint density at radius 3 is 2.67 bits per heavy atom. The summed E-state index contributed by atoms with van der Waals surface area (Å²) in [5, 5.41) is 0. The summed E-state index contributed by atoms with van der Waals surface area (Å²) >= 11 is 0. The van der Waals surface area contributed by atoms with E-state index in [0.717, 1.165) is 12.1 Å². The van der Waals surface area contributed by atoms with Gasteiger partial charge in [0.1, 0.15) is 4.90 Å². The van der Waals surface area contributed by atoms with E-state index in [9.17, 15) is 17.2 Å². The molecule has 112 valence electrons. The molecule has 0 aliphatic carbocycles. The fourth-order valence-electron chi connectivity index (χ4n) is 1.72. The van der Waals surface area contributed by atoms with Crippen molar-refractivity contribution in [2.75, 3.05) is 5.73 Å². The third-order valence-corrected chi connectivity index (χ3v) is 4.10. The summed E-state index contributed by atoms with van der Waals surface area (Å²) in [5.41, 5.74) is 6.34. The quantitative estimate of drug-likeness (QED) is 0.842. The van der Waals surface area contributed by atoms with Gasteiger partial charge in [-0.3, -0.25) is 4.98 Å². The number of nitrogens with two attached hydrogens (primary N) is 1. The molecule has 0 aliphatic heterocycles. The van der Waals surface area contributed by atoms with Gasteiger partial charge < -0.3 is 5.73 Å². The van der Waals surface area contributed by atoms with Gasteiger partial charge in [0.15, 0.2) is 11.6 Å². The van der Waals surface area contributed by atoms with Gasteiger partial charge in [0.25, 0.3) is 0 Å². The van der Waals surface area contributed by atoms with E-state index < -0.39 is 26.6 Å². The molecule has 0 atom stereocenters. The highest BCUT2D eigenvalue weighted by molar-refractivity contribution is 7.89. The number of nitrogen functional groups attached to an aromatic ring is 1. The third kappa shape index (κ3) is 3.53. The van der Waals surface area contributed by atoms with Gasteiger partial charge in [0.05, 0.1) is 12.2 Å². The SMILES string of the molecule is Cc1cccc(CNS(=O)(=O)c2cc(N)cc(F)c2F)n1. The molecule has 0 saturated carbocycles. The Balaban J connectivity index is 2.27. The highest BCUT2D eigenvalue weighted by Gasteiger charge is 2.22. The molecule has 21 heavy (non-hydrogen) atoms. The van der Waals surface area contributed by atoms with Gasteiger partial charge in [0, 0.05) is 11.4 Å². The molecule has 3 N–H and O–H groups in total. The molecule has 1 aromatic heterocycles. The van der Waals surface area contributed by atoms with Crippen LogP contribution in [0.1, 0.15) is 11.4 Å². The predicted octanol–water partition coefficient (Wildman–Crippen LogP) is 1.73. The first kappa shape index (κ1) is 15.3. The van der Waals surface area contributed by atoms with E-state index in [4.69, 9.17) is 5.73 Å². The molecular formula is C13H13F2N3O2S. The largest absolute Gasteiger partial charge is 0.399 e. The molecule has 0 bridgehead atoms. The van der Waals surface area contributed by atoms with E-state index in [1.54, 1.807) is 25.1 Å². The normalized spacial score (nSPS) is 11.6. The number of rotatable bonds is 4. The first-order chi connectivity index (χ1) is 9.79. The van der Waals surface area contributed by atoms with Crippen molar-refractivity contribution in [3.8, 4) is 0 Å². The smallest absolute Gasteiger partial charge is 0.244 e. The van der Waals surface area contributed by atoms with Crippen LogP contribution in [0.2, 0.25) is 0 Å². The lowest BCUT2D eigenvalue weighted by atomic mass is 10.3. The zero-order chi connectivity index (χ0) is 15.6. The minimum Gasteiger partial charge on any atom is -0.399 e. The Bertz CT molecular complexity index is 779. The van der Waals surface area contributed by atoms with Crippen molar-refractivity contribution in [1.29, 1.82) is 0 Å². The highest BCUT2D eigenvalue weighted by atomic mass is 32.2. The molecule has 0 amide bonds. The van der Waals surface area contributed by atoms with Crippen LogP contribution in [0.3, 0.4) is 0 Å². The third-order valence-electron chi connectivity index (χ3n) is 2.70. The molecule has 0 spiro atoms. The Kier molecular flexibility index (Phi) is 4.19. The van der Waals surface area contributed by atoms with E-state index in [1.165, 1.54) is 0 Å². The number of hydrogen-bond acceptors (Lipinski definition) is 4. The maximum atomic E-state index is 13.6. The number of hydrogen-bond donors (Lipinski definition) is 2. The number of nitrogens with one attached hydrogen (secondary N) is 1. The number of nitrogens with zero attached hydrogens (tertiary/aromatic N) is 1. The summed E-state index contributed by atoms with van der Waals surface area (Å²) in [4.78, 5) is 3.28. The van der Waals surface area contributed by atoms with Crippen LogP contribution < -0.4 is 10.5 Å². The monoisotopic (exact) mass is 313 g/mol. The van der Waals surface area contributed by atoms with Crippen LogP contribution in [0.5, 0.6) is 0 Å². The molecule has 0 unspecified atom stereocenters. The summed E-state index contributed by atoms with van der Waals surface area (Å²) < 4.78 is 53.0. The molecule has 2 rings (SSSR count). The van der Waals surface area contributed by atoms with Gasteiger partial charge in [-0.2, -0.15) is 0 Å². The number of benzene rings is 1. The van der Waals surface area contributed by atoms with Crippen molar-refractivity contribution >= 4 is 15.7 Å². The minimum absolute atomic E-state index is 0.139. The van der Waals surface area contributed by atoms with Crippen LogP contribution in [-0.4, -0.2) is 13.4 Å².